The van der Waals surface area contributed by atoms with Crippen LogP contribution in [0.2, 0.25) is 0 Å². The van der Waals surface area contributed by atoms with Crippen molar-refractivity contribution in [2.75, 3.05) is 0 Å². The molecule has 0 radical (unpaired) electrons. The predicted octanol–water partition coefficient (Wildman–Crippen LogP) is 9.52. The van der Waals surface area contributed by atoms with Crippen molar-refractivity contribution in [2.45, 2.75) is 34.4 Å². The Bertz CT molecular complexity index is 2080. The van der Waals surface area contributed by atoms with Gasteiger partial charge in [0.25, 0.3) is 0 Å². The maximum Gasteiger partial charge on any atom is 0.144 e. The van der Waals surface area contributed by atoms with Gasteiger partial charge in [0.15, 0.2) is 0 Å². The number of para-hydroxylation sites is 1. The Kier molecular flexibility index (Phi) is 3.40. The average Bonchev–Trinajstić information content (AvgIpc) is 3.35. The number of pyridine rings is 1. The highest BCUT2D eigenvalue weighted by Gasteiger charge is 2.16. The molecular weight excluding hydrogens is 438 g/mol. The zero-order valence-corrected chi connectivity index (χ0v) is 19.9. The molecule has 0 aliphatic heterocycles. The van der Waals surface area contributed by atoms with Crippen LogP contribution in [0.15, 0.2) is 89.5 Å². The number of nitrogens with zero attached hydrogens (tertiary/aromatic N) is 1. The van der Waals surface area contributed by atoms with Gasteiger partial charge in [0.1, 0.15) is 11.2 Å². The Hall–Kier alpha value is -4.17. The largest absolute Gasteiger partial charge is 0.455 e. The lowest BCUT2D eigenvalue weighted by Crippen LogP contribution is -1.92. The molecule has 2 heteroatoms. The summed E-state index contributed by atoms with van der Waals surface area (Å²) in [5, 5.41) is 1.53. The predicted molar refractivity (Wildman–Crippen MR) is 152 cm³/mol. The van der Waals surface area contributed by atoms with Crippen LogP contribution in [0, 0.1) is 34.4 Å². The van der Waals surface area contributed by atoms with Crippen LogP contribution in [0.5, 0.6) is 0 Å². The third kappa shape index (κ3) is 3.70. The molecule has 0 saturated heterocycles. The fourth-order valence-electron chi connectivity index (χ4n) is 4.87. The number of hydrogen-bond donors (Lipinski definition) is 0. The second kappa shape index (κ2) is 8.49. The molecule has 36 heavy (non-hydrogen) atoms. The molecular formula is C34H29NO. The van der Waals surface area contributed by atoms with Gasteiger partial charge in [0.05, 0.1) is 5.69 Å². The first-order valence-electron chi connectivity index (χ1n) is 16.2. The minimum Gasteiger partial charge on any atom is -0.455 e. The average molecular weight is 477 g/mol. The van der Waals surface area contributed by atoms with Gasteiger partial charge in [-0.05, 0) is 97.1 Å². The summed E-state index contributed by atoms with van der Waals surface area (Å²) in [4.78, 5) is 4.52. The number of aromatic nitrogens is 1. The second-order valence-electron chi connectivity index (χ2n) is 9.19. The fraction of sp³-hybridized carbons (Fsp3) is 0.147. The summed E-state index contributed by atoms with van der Waals surface area (Å²) in [6, 6.07) is 23.0. The topological polar surface area (TPSA) is 26.0 Å². The van der Waals surface area contributed by atoms with Gasteiger partial charge in [-0.2, -0.15) is 0 Å². The number of hydrogen-bond acceptors (Lipinski definition) is 2. The third-order valence-corrected chi connectivity index (χ3v) is 6.67. The van der Waals surface area contributed by atoms with Gasteiger partial charge in [0.2, 0.25) is 0 Å². The Morgan fingerprint density at radius 1 is 0.667 bits per heavy atom. The SMILES string of the molecule is [2H]C([2H])([2H])c1cc(C)c2c(c1)oc1c(-c3cc(-c4ccc(-c5ccc(C)cc5)cc4C([2H])([2H])[2H])c(C([2H])([2H])[2H])cn3)cccc12. The molecule has 176 valence electrons. The maximum atomic E-state index is 8.37. The molecule has 0 saturated carbocycles. The van der Waals surface area contributed by atoms with Gasteiger partial charge in [0, 0.05) is 34.9 Å². The van der Waals surface area contributed by atoms with Crippen LogP contribution in [0.4, 0.5) is 0 Å². The van der Waals surface area contributed by atoms with Crippen LogP contribution < -0.4 is 0 Å². The van der Waals surface area contributed by atoms with E-state index >= 15 is 0 Å². The van der Waals surface area contributed by atoms with Gasteiger partial charge in [-0.3, -0.25) is 4.98 Å². The molecule has 2 heterocycles. The Morgan fingerprint density at radius 2 is 1.50 bits per heavy atom. The fourth-order valence-corrected chi connectivity index (χ4v) is 4.87. The molecule has 0 spiro atoms. The first-order chi connectivity index (χ1) is 21.0. The van der Waals surface area contributed by atoms with Crippen molar-refractivity contribution < 1.29 is 16.8 Å². The highest BCUT2D eigenvalue weighted by Crippen LogP contribution is 2.39. The molecule has 0 fully saturated rings. The van der Waals surface area contributed by atoms with Gasteiger partial charge < -0.3 is 4.42 Å². The van der Waals surface area contributed by atoms with E-state index in [1.165, 1.54) is 12.3 Å². The molecule has 2 nitrogen and oxygen atoms in total. The number of fused-ring (bicyclic) bond motifs is 3. The Morgan fingerprint density at radius 3 is 2.31 bits per heavy atom. The van der Waals surface area contributed by atoms with Crippen molar-refractivity contribution >= 4 is 21.9 Å². The molecule has 6 rings (SSSR count). The molecule has 0 atom stereocenters. The number of rotatable bonds is 3. The zero-order valence-electron chi connectivity index (χ0n) is 28.9. The smallest absolute Gasteiger partial charge is 0.144 e. The Balaban J connectivity index is 1.59. The van der Waals surface area contributed by atoms with Crippen molar-refractivity contribution in [3.05, 3.63) is 113 Å². The monoisotopic (exact) mass is 476 g/mol. The number of benzene rings is 4. The van der Waals surface area contributed by atoms with E-state index in [0.717, 1.165) is 27.5 Å². The molecule has 0 N–H and O–H groups in total. The van der Waals surface area contributed by atoms with Crippen molar-refractivity contribution in [1.82, 2.24) is 4.98 Å². The Labute approximate surface area is 224 Å². The molecule has 4 aromatic carbocycles. The van der Waals surface area contributed by atoms with Crippen molar-refractivity contribution in [1.29, 1.82) is 0 Å². The van der Waals surface area contributed by atoms with E-state index in [0.29, 0.717) is 28.0 Å². The van der Waals surface area contributed by atoms with Gasteiger partial charge in [-0.1, -0.05) is 66.2 Å². The standard InChI is InChI=1S/C34H29NO/c1-20-9-11-25(12-10-20)26-13-14-27(22(3)17-26)30-18-31(35-19-24(30)5)28-7-6-8-29-33-23(4)15-21(2)16-32(33)36-34(28)29/h6-19H,1-5H3/i2D3,3D3,5D3. The third-order valence-electron chi connectivity index (χ3n) is 6.67. The van der Waals surface area contributed by atoms with Crippen molar-refractivity contribution in [3.8, 4) is 33.5 Å². The van der Waals surface area contributed by atoms with Gasteiger partial charge in [-0.15, -0.1) is 0 Å². The van der Waals surface area contributed by atoms with Crippen LogP contribution in [-0.4, -0.2) is 4.98 Å². The molecule has 0 aliphatic rings. The summed E-state index contributed by atoms with van der Waals surface area (Å²) in [6.45, 7) is -3.62. The first kappa shape index (κ1) is 14.4. The van der Waals surface area contributed by atoms with Crippen molar-refractivity contribution in [2.24, 2.45) is 0 Å². The summed E-state index contributed by atoms with van der Waals surface area (Å²) in [6.07, 6.45) is 1.27. The molecule has 0 aliphatic carbocycles. The van der Waals surface area contributed by atoms with E-state index < -0.39 is 20.6 Å². The molecule has 2 aromatic heterocycles. The molecule has 6 aromatic rings. The van der Waals surface area contributed by atoms with E-state index in [2.05, 4.69) is 4.98 Å². The van der Waals surface area contributed by atoms with E-state index in [1.807, 2.05) is 50.2 Å². The lowest BCUT2D eigenvalue weighted by molar-refractivity contribution is 0.669. The number of furan rings is 1. The highest BCUT2D eigenvalue weighted by molar-refractivity contribution is 6.11. The molecule has 0 bridgehead atoms. The summed E-state index contributed by atoms with van der Waals surface area (Å²) in [5.41, 5.74) is 5.82. The van der Waals surface area contributed by atoms with E-state index in [9.17, 15) is 0 Å². The maximum absolute atomic E-state index is 8.37. The van der Waals surface area contributed by atoms with Crippen LogP contribution >= 0.6 is 0 Å². The lowest BCUT2D eigenvalue weighted by atomic mass is 9.93. The van der Waals surface area contributed by atoms with Crippen LogP contribution in [0.3, 0.4) is 0 Å². The highest BCUT2D eigenvalue weighted by atomic mass is 16.3. The summed E-state index contributed by atoms with van der Waals surface area (Å²) < 4.78 is 79.7. The summed E-state index contributed by atoms with van der Waals surface area (Å²) >= 11 is 0. The van der Waals surface area contributed by atoms with Crippen LogP contribution in [-0.2, 0) is 0 Å². The second-order valence-corrected chi connectivity index (χ2v) is 9.19. The minimum atomic E-state index is -2.57. The van der Waals surface area contributed by atoms with E-state index in [1.54, 1.807) is 36.4 Å². The normalized spacial score (nSPS) is 16.2. The van der Waals surface area contributed by atoms with E-state index in [-0.39, 0.29) is 27.8 Å². The van der Waals surface area contributed by atoms with Crippen molar-refractivity contribution in [3.63, 3.8) is 0 Å². The van der Waals surface area contributed by atoms with Crippen LogP contribution in [0.25, 0.3) is 55.4 Å². The summed E-state index contributed by atoms with van der Waals surface area (Å²) in [5.74, 6) is 0. The minimum absolute atomic E-state index is 0.0259. The van der Waals surface area contributed by atoms with E-state index in [4.69, 9.17) is 16.8 Å². The zero-order chi connectivity index (χ0) is 32.5. The van der Waals surface area contributed by atoms with Gasteiger partial charge >= 0.3 is 0 Å². The number of aryl methyl sites for hydroxylation is 5. The first-order valence-corrected chi connectivity index (χ1v) is 11.7. The lowest BCUT2D eigenvalue weighted by Gasteiger charge is -2.13. The summed E-state index contributed by atoms with van der Waals surface area (Å²) in [7, 11) is 0. The molecule has 0 amide bonds. The molecule has 0 unspecified atom stereocenters. The van der Waals surface area contributed by atoms with Gasteiger partial charge in [-0.25, -0.2) is 0 Å². The quantitative estimate of drug-likeness (QED) is 0.254. The van der Waals surface area contributed by atoms with Crippen LogP contribution in [0.1, 0.15) is 40.2 Å².